The third-order valence-electron chi connectivity index (χ3n) is 4.20. The van der Waals surface area contributed by atoms with Crippen LogP contribution in [0, 0.1) is 5.92 Å². The molecule has 0 aromatic heterocycles. The summed E-state index contributed by atoms with van der Waals surface area (Å²) in [5.41, 5.74) is 0. The van der Waals surface area contributed by atoms with Crippen molar-refractivity contribution in [3.63, 3.8) is 0 Å². The Balaban J connectivity index is 2.46. The van der Waals surface area contributed by atoms with Crippen LogP contribution in [0.3, 0.4) is 0 Å². The molecular weight excluding hydrogens is 298 g/mol. The van der Waals surface area contributed by atoms with Crippen molar-refractivity contribution in [2.75, 3.05) is 32.8 Å². The second-order valence-electron chi connectivity index (χ2n) is 5.75. The van der Waals surface area contributed by atoms with Gasteiger partial charge in [0.15, 0.2) is 0 Å². The van der Waals surface area contributed by atoms with Crippen LogP contribution in [0.5, 0.6) is 0 Å². The van der Waals surface area contributed by atoms with E-state index in [9.17, 15) is 14.4 Å². The number of ether oxygens (including phenoxy) is 1. The van der Waals surface area contributed by atoms with Gasteiger partial charge in [0.1, 0.15) is 6.04 Å². The van der Waals surface area contributed by atoms with Crippen molar-refractivity contribution in [1.29, 1.82) is 0 Å². The second kappa shape index (κ2) is 9.37. The lowest BCUT2D eigenvalue weighted by Gasteiger charge is -2.35. The Morgan fingerprint density at radius 2 is 1.52 bits per heavy atom. The van der Waals surface area contributed by atoms with Crippen LogP contribution in [-0.4, -0.2) is 66.5 Å². The molecule has 1 fully saturated rings. The Labute approximate surface area is 138 Å². The summed E-state index contributed by atoms with van der Waals surface area (Å²) in [4.78, 5) is 39.4. The van der Waals surface area contributed by atoms with E-state index in [2.05, 4.69) is 5.32 Å². The van der Waals surface area contributed by atoms with Gasteiger partial charge < -0.3 is 19.9 Å². The number of nitrogens with zero attached hydrogens (tertiary/aromatic N) is 2. The van der Waals surface area contributed by atoms with Gasteiger partial charge in [-0.15, -0.1) is 0 Å². The van der Waals surface area contributed by atoms with Crippen molar-refractivity contribution in [3.05, 3.63) is 0 Å². The lowest BCUT2D eigenvalue weighted by Crippen LogP contribution is -2.55. The van der Waals surface area contributed by atoms with E-state index in [-0.39, 0.29) is 23.8 Å². The van der Waals surface area contributed by atoms with Crippen LogP contribution in [0.25, 0.3) is 0 Å². The summed E-state index contributed by atoms with van der Waals surface area (Å²) in [5.74, 6) is -0.222. The molecule has 1 saturated heterocycles. The van der Waals surface area contributed by atoms with Crippen molar-refractivity contribution in [2.45, 2.75) is 46.6 Å². The lowest BCUT2D eigenvalue weighted by atomic mass is 10.0. The van der Waals surface area contributed by atoms with Crippen molar-refractivity contribution in [3.8, 4) is 0 Å². The molecule has 1 aliphatic heterocycles. The molecule has 1 heterocycles. The van der Waals surface area contributed by atoms with E-state index in [1.165, 1.54) is 0 Å². The maximum Gasteiger partial charge on any atom is 0.409 e. The van der Waals surface area contributed by atoms with E-state index < -0.39 is 6.04 Å². The van der Waals surface area contributed by atoms with E-state index in [1.54, 1.807) is 23.6 Å². The van der Waals surface area contributed by atoms with Gasteiger partial charge in [0.2, 0.25) is 11.8 Å². The zero-order valence-electron chi connectivity index (χ0n) is 14.6. The fourth-order valence-corrected chi connectivity index (χ4v) is 2.65. The van der Waals surface area contributed by atoms with Gasteiger partial charge in [-0.05, 0) is 26.7 Å². The van der Waals surface area contributed by atoms with E-state index in [1.807, 2.05) is 13.8 Å². The molecule has 132 valence electrons. The number of carbonyl (C=O) groups is 3. The van der Waals surface area contributed by atoms with Crippen LogP contribution in [0.15, 0.2) is 0 Å². The molecule has 23 heavy (non-hydrogen) atoms. The smallest absolute Gasteiger partial charge is 0.409 e. The van der Waals surface area contributed by atoms with Gasteiger partial charge in [-0.2, -0.15) is 0 Å². The first-order chi connectivity index (χ1) is 10.9. The first kappa shape index (κ1) is 19.3. The quantitative estimate of drug-likeness (QED) is 0.796. The van der Waals surface area contributed by atoms with E-state index in [4.69, 9.17) is 4.74 Å². The Kier molecular flexibility index (Phi) is 7.85. The summed E-state index contributed by atoms with van der Waals surface area (Å²) in [6, 6.07) is -0.544. The highest BCUT2D eigenvalue weighted by Gasteiger charge is 2.28. The summed E-state index contributed by atoms with van der Waals surface area (Å²) in [6.07, 6.45) is 1.19. The molecule has 0 aliphatic carbocycles. The van der Waals surface area contributed by atoms with Crippen LogP contribution >= 0.6 is 0 Å². The average Bonchev–Trinajstić information content (AvgIpc) is 2.55. The van der Waals surface area contributed by atoms with Gasteiger partial charge in [-0.25, -0.2) is 4.79 Å². The van der Waals surface area contributed by atoms with Gasteiger partial charge in [0.05, 0.1) is 6.61 Å². The van der Waals surface area contributed by atoms with Crippen LogP contribution in [-0.2, 0) is 14.3 Å². The molecule has 7 heteroatoms. The molecule has 0 radical (unpaired) electrons. The molecule has 0 aromatic carbocycles. The maximum atomic E-state index is 12.4. The van der Waals surface area contributed by atoms with E-state index in [0.717, 1.165) is 12.8 Å². The molecular formula is C16H29N3O4. The predicted molar refractivity (Wildman–Crippen MR) is 86.9 cm³/mol. The van der Waals surface area contributed by atoms with Crippen LogP contribution < -0.4 is 5.32 Å². The lowest BCUT2D eigenvalue weighted by molar-refractivity contribution is -0.138. The highest BCUT2D eigenvalue weighted by molar-refractivity contribution is 5.88. The van der Waals surface area contributed by atoms with E-state index >= 15 is 0 Å². The standard InChI is InChI=1S/C16H29N3O4/c1-5-13(6-2)14(20)17-12(4)15(21)18-8-10-19(11-9-18)16(22)23-7-3/h12-13H,5-11H2,1-4H3,(H,17,20)/t12-/m1/s1. The Hall–Kier alpha value is -1.79. The Bertz CT molecular complexity index is 416. The molecule has 0 saturated carbocycles. The molecule has 3 amide bonds. The molecule has 0 bridgehead atoms. The van der Waals surface area contributed by atoms with Crippen molar-refractivity contribution >= 4 is 17.9 Å². The highest BCUT2D eigenvalue weighted by Crippen LogP contribution is 2.09. The zero-order valence-corrected chi connectivity index (χ0v) is 14.6. The summed E-state index contributed by atoms with van der Waals surface area (Å²) < 4.78 is 4.95. The first-order valence-corrected chi connectivity index (χ1v) is 8.45. The van der Waals surface area contributed by atoms with E-state index in [0.29, 0.717) is 32.8 Å². The molecule has 1 rings (SSSR count). The fourth-order valence-electron chi connectivity index (χ4n) is 2.65. The first-order valence-electron chi connectivity index (χ1n) is 8.45. The SMILES string of the molecule is CCOC(=O)N1CCN(C(=O)[C@@H](C)NC(=O)C(CC)CC)CC1. The minimum absolute atomic E-state index is 0.0501. The Morgan fingerprint density at radius 3 is 2.00 bits per heavy atom. The van der Waals surface area contributed by atoms with Gasteiger partial charge in [0.25, 0.3) is 0 Å². The molecule has 7 nitrogen and oxygen atoms in total. The normalized spacial score (nSPS) is 16.2. The molecule has 1 N–H and O–H groups in total. The van der Waals surface area contributed by atoms with Gasteiger partial charge >= 0.3 is 6.09 Å². The largest absolute Gasteiger partial charge is 0.450 e. The molecule has 1 aliphatic rings. The number of hydrogen-bond donors (Lipinski definition) is 1. The van der Waals surface area contributed by atoms with Crippen LogP contribution in [0.4, 0.5) is 4.79 Å². The molecule has 0 spiro atoms. The van der Waals surface area contributed by atoms with Crippen molar-refractivity contribution < 1.29 is 19.1 Å². The van der Waals surface area contributed by atoms with Crippen molar-refractivity contribution in [1.82, 2.24) is 15.1 Å². The van der Waals surface area contributed by atoms with Crippen molar-refractivity contribution in [2.24, 2.45) is 5.92 Å². The van der Waals surface area contributed by atoms with Crippen LogP contribution in [0.1, 0.15) is 40.5 Å². The van der Waals surface area contributed by atoms with Gasteiger partial charge in [0, 0.05) is 32.1 Å². The minimum atomic E-state index is -0.544. The number of piperazine rings is 1. The Morgan fingerprint density at radius 1 is 1.00 bits per heavy atom. The molecule has 1 atom stereocenters. The summed E-state index contributed by atoms with van der Waals surface area (Å²) >= 11 is 0. The highest BCUT2D eigenvalue weighted by atomic mass is 16.6. The molecule has 0 aromatic rings. The average molecular weight is 327 g/mol. The number of carbonyl (C=O) groups excluding carboxylic acids is 3. The predicted octanol–water partition coefficient (Wildman–Crippen LogP) is 1.23. The monoisotopic (exact) mass is 327 g/mol. The van der Waals surface area contributed by atoms with Gasteiger partial charge in [-0.1, -0.05) is 13.8 Å². The van der Waals surface area contributed by atoms with Crippen LogP contribution in [0.2, 0.25) is 0 Å². The number of rotatable bonds is 6. The topological polar surface area (TPSA) is 79.0 Å². The van der Waals surface area contributed by atoms with Gasteiger partial charge in [-0.3, -0.25) is 9.59 Å². The number of amides is 3. The molecule has 0 unspecified atom stereocenters. The summed E-state index contributed by atoms with van der Waals surface area (Å²) in [5, 5.41) is 2.80. The zero-order chi connectivity index (χ0) is 17.4. The third-order valence-corrected chi connectivity index (χ3v) is 4.20. The summed E-state index contributed by atoms with van der Waals surface area (Å²) in [6.45, 7) is 9.59. The second-order valence-corrected chi connectivity index (χ2v) is 5.75. The maximum absolute atomic E-state index is 12.4. The number of hydrogen-bond acceptors (Lipinski definition) is 4. The fraction of sp³-hybridized carbons (Fsp3) is 0.812. The number of nitrogens with one attached hydrogen (secondary N) is 1. The minimum Gasteiger partial charge on any atom is -0.450 e. The summed E-state index contributed by atoms with van der Waals surface area (Å²) in [7, 11) is 0. The third kappa shape index (κ3) is 5.41.